The van der Waals surface area contributed by atoms with Crippen LogP contribution in [0.1, 0.15) is 50.7 Å². The summed E-state index contributed by atoms with van der Waals surface area (Å²) >= 11 is 0. The van der Waals surface area contributed by atoms with E-state index in [-0.39, 0.29) is 5.95 Å². The van der Waals surface area contributed by atoms with Crippen LogP contribution < -0.4 is 16.4 Å². The molecule has 7 heteroatoms. The van der Waals surface area contributed by atoms with E-state index in [0.29, 0.717) is 0 Å². The van der Waals surface area contributed by atoms with Crippen molar-refractivity contribution in [1.82, 2.24) is 15.3 Å². The van der Waals surface area contributed by atoms with Crippen LogP contribution in [0.4, 0.5) is 16.6 Å². The van der Waals surface area contributed by atoms with Gasteiger partial charge in [-0.2, -0.15) is 4.98 Å². The highest BCUT2D eigenvalue weighted by molar-refractivity contribution is 5.66. The van der Waals surface area contributed by atoms with Gasteiger partial charge in [0.05, 0.1) is 5.69 Å². The van der Waals surface area contributed by atoms with Crippen LogP contribution >= 0.6 is 0 Å². The number of carboxylic acid groups (broad SMARTS) is 1. The Kier molecular flexibility index (Phi) is 7.20. The lowest BCUT2D eigenvalue weighted by atomic mass is 9.97. The second-order valence-electron chi connectivity index (χ2n) is 7.92. The predicted molar refractivity (Wildman–Crippen MR) is 114 cm³/mol. The minimum atomic E-state index is -0.979. The van der Waals surface area contributed by atoms with Crippen LogP contribution in [0.25, 0.3) is 11.3 Å². The molecule has 1 amide bonds. The second kappa shape index (κ2) is 9.39. The number of hydrogen-bond donors (Lipinski definition) is 4. The molecule has 0 aliphatic heterocycles. The lowest BCUT2D eigenvalue weighted by Gasteiger charge is -2.24. The SMILES string of the molecule is Cc1cc(C)cc(-c2cc(NCCCCCC(C)(C)NC(=O)O)nc(N)n2)c1. The predicted octanol–water partition coefficient (Wildman–Crippen LogP) is 4.36. The Hall–Kier alpha value is -2.83. The number of carbonyl (C=O) groups is 1. The Morgan fingerprint density at radius 2 is 1.75 bits per heavy atom. The van der Waals surface area contributed by atoms with Crippen LogP contribution in [-0.4, -0.2) is 33.3 Å². The molecule has 0 bridgehead atoms. The summed E-state index contributed by atoms with van der Waals surface area (Å²) < 4.78 is 0. The fourth-order valence-corrected chi connectivity index (χ4v) is 3.26. The summed E-state index contributed by atoms with van der Waals surface area (Å²) in [6.45, 7) is 8.70. The smallest absolute Gasteiger partial charge is 0.405 e. The molecule has 0 saturated heterocycles. The Morgan fingerprint density at radius 1 is 1.07 bits per heavy atom. The summed E-state index contributed by atoms with van der Waals surface area (Å²) in [4.78, 5) is 19.4. The molecule has 0 saturated carbocycles. The minimum absolute atomic E-state index is 0.251. The van der Waals surface area contributed by atoms with Gasteiger partial charge in [0.1, 0.15) is 5.82 Å². The number of nitrogen functional groups attached to an aromatic ring is 1. The zero-order valence-electron chi connectivity index (χ0n) is 17.2. The van der Waals surface area contributed by atoms with Crippen molar-refractivity contribution in [3.63, 3.8) is 0 Å². The second-order valence-corrected chi connectivity index (χ2v) is 7.92. The molecule has 0 fully saturated rings. The Balaban J connectivity index is 1.86. The highest BCUT2D eigenvalue weighted by atomic mass is 16.4. The van der Waals surface area contributed by atoms with Crippen LogP contribution in [0.3, 0.4) is 0 Å². The summed E-state index contributed by atoms with van der Waals surface area (Å²) in [5.74, 6) is 0.968. The molecule has 28 heavy (non-hydrogen) atoms. The molecular formula is C21H31N5O2. The lowest BCUT2D eigenvalue weighted by molar-refractivity contribution is 0.180. The van der Waals surface area contributed by atoms with Crippen molar-refractivity contribution < 1.29 is 9.90 Å². The molecule has 1 heterocycles. The first-order valence-electron chi connectivity index (χ1n) is 9.63. The van der Waals surface area contributed by atoms with Gasteiger partial charge in [-0.3, -0.25) is 0 Å². The summed E-state index contributed by atoms with van der Waals surface area (Å²) in [5, 5.41) is 14.7. The summed E-state index contributed by atoms with van der Waals surface area (Å²) in [5.41, 5.74) is 9.70. The zero-order chi connectivity index (χ0) is 20.7. The van der Waals surface area contributed by atoms with Crippen LogP contribution in [0.15, 0.2) is 24.3 Å². The third kappa shape index (κ3) is 7.06. The van der Waals surface area contributed by atoms with Crippen molar-refractivity contribution in [2.45, 2.75) is 58.9 Å². The van der Waals surface area contributed by atoms with Crippen LogP contribution in [0.2, 0.25) is 0 Å². The molecule has 0 spiro atoms. The third-order valence-corrected chi connectivity index (χ3v) is 4.49. The molecule has 7 nitrogen and oxygen atoms in total. The number of unbranched alkanes of at least 4 members (excludes halogenated alkanes) is 2. The number of nitrogens with one attached hydrogen (secondary N) is 2. The first-order valence-corrected chi connectivity index (χ1v) is 9.63. The highest BCUT2D eigenvalue weighted by Crippen LogP contribution is 2.23. The van der Waals surface area contributed by atoms with Crippen molar-refractivity contribution in [3.8, 4) is 11.3 Å². The number of anilines is 2. The standard InChI is InChI=1S/C21H31N5O2/c1-14-10-15(2)12-16(11-14)17-13-18(25-19(22)24-17)23-9-7-5-6-8-21(3,4)26-20(27)28/h10-13,26H,5-9H2,1-4H3,(H,27,28)(H3,22,23,24,25). The summed E-state index contributed by atoms with van der Waals surface area (Å²) in [6.07, 6.45) is 2.74. The molecule has 0 aliphatic carbocycles. The average molecular weight is 386 g/mol. The monoisotopic (exact) mass is 385 g/mol. The van der Waals surface area contributed by atoms with Crippen LogP contribution in [0, 0.1) is 13.8 Å². The van der Waals surface area contributed by atoms with Gasteiger partial charge in [0.2, 0.25) is 5.95 Å². The van der Waals surface area contributed by atoms with Crippen molar-refractivity contribution >= 4 is 17.9 Å². The van der Waals surface area contributed by atoms with Crippen molar-refractivity contribution in [3.05, 3.63) is 35.4 Å². The van der Waals surface area contributed by atoms with E-state index in [2.05, 4.69) is 52.6 Å². The Morgan fingerprint density at radius 3 is 2.39 bits per heavy atom. The van der Waals surface area contributed by atoms with Crippen molar-refractivity contribution in [1.29, 1.82) is 0 Å². The number of rotatable bonds is 9. The molecule has 1 aromatic heterocycles. The quantitative estimate of drug-likeness (QED) is 0.477. The first kappa shape index (κ1) is 21.5. The average Bonchev–Trinajstić information content (AvgIpc) is 2.55. The summed E-state index contributed by atoms with van der Waals surface area (Å²) in [7, 11) is 0. The first-order chi connectivity index (χ1) is 13.1. The van der Waals surface area contributed by atoms with Gasteiger partial charge in [-0.25, -0.2) is 9.78 Å². The van der Waals surface area contributed by atoms with E-state index in [1.807, 2.05) is 19.9 Å². The number of aryl methyl sites for hydroxylation is 2. The molecule has 2 aromatic rings. The van der Waals surface area contributed by atoms with E-state index in [1.165, 1.54) is 11.1 Å². The maximum absolute atomic E-state index is 10.8. The fourth-order valence-electron chi connectivity index (χ4n) is 3.26. The van der Waals surface area contributed by atoms with E-state index >= 15 is 0 Å². The number of hydrogen-bond acceptors (Lipinski definition) is 5. The molecule has 5 N–H and O–H groups in total. The third-order valence-electron chi connectivity index (χ3n) is 4.49. The number of amides is 1. The molecule has 0 radical (unpaired) electrons. The molecule has 2 rings (SSSR count). The number of benzene rings is 1. The summed E-state index contributed by atoms with van der Waals surface area (Å²) in [6, 6.07) is 8.22. The number of nitrogens with zero attached hydrogens (tertiary/aromatic N) is 2. The number of aromatic nitrogens is 2. The Labute approximate surface area is 166 Å². The molecular weight excluding hydrogens is 354 g/mol. The molecule has 0 unspecified atom stereocenters. The van der Waals surface area contributed by atoms with E-state index in [4.69, 9.17) is 10.8 Å². The van der Waals surface area contributed by atoms with Gasteiger partial charge in [0.25, 0.3) is 0 Å². The molecule has 1 aromatic carbocycles. The normalized spacial score (nSPS) is 11.3. The van der Waals surface area contributed by atoms with Crippen LogP contribution in [0.5, 0.6) is 0 Å². The van der Waals surface area contributed by atoms with Crippen molar-refractivity contribution in [2.24, 2.45) is 0 Å². The van der Waals surface area contributed by atoms with Crippen molar-refractivity contribution in [2.75, 3.05) is 17.6 Å². The lowest BCUT2D eigenvalue weighted by Crippen LogP contribution is -2.42. The Bertz CT molecular complexity index is 800. The van der Waals surface area contributed by atoms with E-state index in [1.54, 1.807) is 0 Å². The van der Waals surface area contributed by atoms with Crippen LogP contribution in [-0.2, 0) is 0 Å². The van der Waals surface area contributed by atoms with Gasteiger partial charge in [0, 0.05) is 23.7 Å². The van der Waals surface area contributed by atoms with E-state index in [0.717, 1.165) is 49.3 Å². The minimum Gasteiger partial charge on any atom is -0.465 e. The van der Waals surface area contributed by atoms with Gasteiger partial charge in [0.15, 0.2) is 0 Å². The van der Waals surface area contributed by atoms with E-state index < -0.39 is 11.6 Å². The van der Waals surface area contributed by atoms with Gasteiger partial charge in [-0.05, 0) is 52.7 Å². The fraction of sp³-hybridized carbons (Fsp3) is 0.476. The highest BCUT2D eigenvalue weighted by Gasteiger charge is 2.18. The number of nitrogens with two attached hydrogens (primary N) is 1. The van der Waals surface area contributed by atoms with Gasteiger partial charge in [-0.15, -0.1) is 0 Å². The largest absolute Gasteiger partial charge is 0.465 e. The van der Waals surface area contributed by atoms with E-state index in [9.17, 15) is 4.79 Å². The molecule has 0 aliphatic rings. The maximum atomic E-state index is 10.8. The zero-order valence-corrected chi connectivity index (χ0v) is 17.2. The molecule has 0 atom stereocenters. The van der Waals surface area contributed by atoms with Gasteiger partial charge >= 0.3 is 6.09 Å². The topological polar surface area (TPSA) is 113 Å². The van der Waals surface area contributed by atoms with Gasteiger partial charge < -0.3 is 21.5 Å². The molecule has 152 valence electrons. The van der Waals surface area contributed by atoms with Gasteiger partial charge in [-0.1, -0.05) is 30.0 Å². The maximum Gasteiger partial charge on any atom is 0.405 e.